The van der Waals surface area contributed by atoms with E-state index in [0.29, 0.717) is 0 Å². The van der Waals surface area contributed by atoms with Gasteiger partial charge in [-0.2, -0.15) is 14.0 Å². The topological polar surface area (TPSA) is 23.8 Å². The fourth-order valence-corrected chi connectivity index (χ4v) is 0.152. The van der Waals surface area contributed by atoms with Crippen LogP contribution < -0.4 is 0 Å². The van der Waals surface area contributed by atoms with Gasteiger partial charge in [-0.15, -0.1) is 0 Å². The van der Waals surface area contributed by atoms with Crippen LogP contribution in [0.3, 0.4) is 0 Å². The Bertz CT molecular complexity index is 144. The van der Waals surface area contributed by atoms with Crippen molar-refractivity contribution in [2.45, 2.75) is 16.1 Å². The second-order valence-corrected chi connectivity index (χ2v) is 4.19. The molecule has 0 aromatic rings. The summed E-state index contributed by atoms with van der Waals surface area (Å²) in [7, 11) is 0. The molecule has 0 saturated carbocycles. The molecular formula is C4H3Br2F2N. The third-order valence-electron chi connectivity index (χ3n) is 0.742. The minimum absolute atomic E-state index is 1.09. The standard InChI is InChI=1S/C4H3Br2F2N/c1-3(5,2-9)4(6,7)8/h1H3/t3-/m0/s1. The summed E-state index contributed by atoms with van der Waals surface area (Å²) in [6, 6.07) is 1.40. The SMILES string of the molecule is C[C@](Br)(C#N)C(F)(F)Br. The van der Waals surface area contributed by atoms with Crippen molar-refractivity contribution in [3.8, 4) is 6.07 Å². The summed E-state index contributed by atoms with van der Waals surface area (Å²) in [4.78, 5) is -3.19. The van der Waals surface area contributed by atoms with E-state index in [2.05, 4.69) is 31.9 Å². The molecule has 1 nitrogen and oxygen atoms in total. The fourth-order valence-electron chi connectivity index (χ4n) is 0.0634. The maximum atomic E-state index is 12.1. The minimum atomic E-state index is -3.19. The lowest BCUT2D eigenvalue weighted by molar-refractivity contribution is 0.0967. The number of halogens is 4. The van der Waals surface area contributed by atoms with Crippen LogP contribution in [0.1, 0.15) is 6.92 Å². The van der Waals surface area contributed by atoms with Crippen molar-refractivity contribution in [2.24, 2.45) is 0 Å². The summed E-state index contributed by atoms with van der Waals surface area (Å²) in [5, 5.41) is 8.12. The minimum Gasteiger partial charge on any atom is -0.197 e. The molecule has 0 bridgehead atoms. The third-order valence-corrected chi connectivity index (χ3v) is 2.74. The van der Waals surface area contributed by atoms with Gasteiger partial charge in [0, 0.05) is 0 Å². The van der Waals surface area contributed by atoms with Gasteiger partial charge in [0.15, 0.2) is 4.32 Å². The van der Waals surface area contributed by atoms with Crippen LogP contribution in [0.4, 0.5) is 8.78 Å². The highest BCUT2D eigenvalue weighted by Crippen LogP contribution is 2.40. The predicted molar refractivity (Wildman–Crippen MR) is 36.8 cm³/mol. The Balaban J connectivity index is 4.39. The third kappa shape index (κ3) is 2.18. The summed E-state index contributed by atoms with van der Waals surface area (Å²) in [6.45, 7) is 1.09. The zero-order valence-electron chi connectivity index (χ0n) is 4.46. The van der Waals surface area contributed by atoms with Crippen molar-refractivity contribution >= 4 is 31.9 Å². The molecule has 0 aliphatic rings. The Kier molecular flexibility index (Phi) is 2.59. The normalized spacial score (nSPS) is 18.2. The number of nitriles is 1. The Morgan fingerprint density at radius 1 is 1.44 bits per heavy atom. The van der Waals surface area contributed by atoms with Crippen molar-refractivity contribution in [3.63, 3.8) is 0 Å². The summed E-state index contributed by atoms with van der Waals surface area (Å²) >= 11 is 4.60. The maximum Gasteiger partial charge on any atom is 0.329 e. The number of alkyl halides is 4. The van der Waals surface area contributed by atoms with Crippen LogP contribution in [0.5, 0.6) is 0 Å². The van der Waals surface area contributed by atoms with Crippen molar-refractivity contribution in [1.82, 2.24) is 0 Å². The second-order valence-electron chi connectivity index (χ2n) is 1.61. The quantitative estimate of drug-likeness (QED) is 0.667. The summed E-state index contributed by atoms with van der Waals surface area (Å²) in [5.41, 5.74) is 0. The molecule has 0 heterocycles. The Hall–Kier alpha value is 0.310. The molecular weight excluding hydrogens is 260 g/mol. The molecule has 0 rings (SSSR count). The molecule has 52 valence electrons. The molecule has 9 heavy (non-hydrogen) atoms. The summed E-state index contributed by atoms with van der Waals surface area (Å²) < 4.78 is 22.5. The van der Waals surface area contributed by atoms with E-state index >= 15 is 0 Å². The average molecular weight is 263 g/mol. The first-order valence-electron chi connectivity index (χ1n) is 1.98. The lowest BCUT2D eigenvalue weighted by atomic mass is 10.2. The zero-order chi connectivity index (χ0) is 7.71. The molecule has 0 unspecified atom stereocenters. The van der Waals surface area contributed by atoms with Gasteiger partial charge in [0.05, 0.1) is 6.07 Å². The first-order valence-corrected chi connectivity index (χ1v) is 3.57. The largest absolute Gasteiger partial charge is 0.329 e. The maximum absolute atomic E-state index is 12.1. The van der Waals surface area contributed by atoms with Crippen LogP contribution in [-0.4, -0.2) is 9.16 Å². The molecule has 0 amide bonds. The van der Waals surface area contributed by atoms with E-state index in [9.17, 15) is 8.78 Å². The van der Waals surface area contributed by atoms with Crippen molar-refractivity contribution in [2.75, 3.05) is 0 Å². The highest BCUT2D eigenvalue weighted by Gasteiger charge is 2.46. The van der Waals surface area contributed by atoms with Gasteiger partial charge >= 0.3 is 4.83 Å². The Morgan fingerprint density at radius 2 is 1.78 bits per heavy atom. The molecule has 0 aliphatic carbocycles. The summed E-state index contributed by atoms with van der Waals surface area (Å²) in [5.74, 6) is 0. The van der Waals surface area contributed by atoms with Gasteiger partial charge in [0.2, 0.25) is 0 Å². The molecule has 0 aromatic heterocycles. The van der Waals surface area contributed by atoms with E-state index in [1.165, 1.54) is 6.07 Å². The Morgan fingerprint density at radius 3 is 1.78 bits per heavy atom. The molecule has 0 saturated heterocycles. The van der Waals surface area contributed by atoms with Crippen LogP contribution in [0, 0.1) is 11.3 Å². The van der Waals surface area contributed by atoms with E-state index in [0.717, 1.165) is 6.92 Å². The van der Waals surface area contributed by atoms with Gasteiger partial charge in [-0.3, -0.25) is 0 Å². The van der Waals surface area contributed by atoms with E-state index in [1.807, 2.05) is 0 Å². The van der Waals surface area contributed by atoms with Crippen LogP contribution >= 0.6 is 31.9 Å². The lowest BCUT2D eigenvalue weighted by Crippen LogP contribution is -2.32. The van der Waals surface area contributed by atoms with Crippen molar-refractivity contribution in [1.29, 1.82) is 5.26 Å². The van der Waals surface area contributed by atoms with Gasteiger partial charge in [0.25, 0.3) is 0 Å². The van der Waals surface area contributed by atoms with Crippen molar-refractivity contribution < 1.29 is 8.78 Å². The van der Waals surface area contributed by atoms with Gasteiger partial charge in [-0.1, -0.05) is 15.9 Å². The van der Waals surface area contributed by atoms with Gasteiger partial charge in [0.1, 0.15) is 0 Å². The smallest absolute Gasteiger partial charge is 0.197 e. The number of rotatable bonds is 1. The monoisotopic (exact) mass is 261 g/mol. The number of hydrogen-bond donors (Lipinski definition) is 0. The van der Waals surface area contributed by atoms with Crippen LogP contribution in [0.15, 0.2) is 0 Å². The zero-order valence-corrected chi connectivity index (χ0v) is 7.63. The summed E-state index contributed by atoms with van der Waals surface area (Å²) in [6.07, 6.45) is 0. The molecule has 0 N–H and O–H groups in total. The number of nitrogens with zero attached hydrogens (tertiary/aromatic N) is 1. The van der Waals surface area contributed by atoms with Crippen LogP contribution in [-0.2, 0) is 0 Å². The lowest BCUT2D eigenvalue weighted by Gasteiger charge is -2.18. The van der Waals surface area contributed by atoms with Gasteiger partial charge in [-0.25, -0.2) is 0 Å². The molecule has 0 radical (unpaired) electrons. The van der Waals surface area contributed by atoms with E-state index < -0.39 is 9.16 Å². The molecule has 5 heteroatoms. The van der Waals surface area contributed by atoms with Gasteiger partial charge < -0.3 is 0 Å². The van der Waals surface area contributed by atoms with Crippen molar-refractivity contribution in [3.05, 3.63) is 0 Å². The molecule has 0 aliphatic heterocycles. The molecule has 0 aromatic carbocycles. The first-order chi connectivity index (χ1) is 3.81. The fraction of sp³-hybridized carbons (Fsp3) is 0.750. The molecule has 0 fully saturated rings. The average Bonchev–Trinajstić information content (AvgIpc) is 1.64. The second kappa shape index (κ2) is 2.51. The Labute approximate surface area is 68.3 Å². The molecule has 1 atom stereocenters. The van der Waals surface area contributed by atoms with E-state index in [4.69, 9.17) is 5.26 Å². The predicted octanol–water partition coefficient (Wildman–Crippen LogP) is 2.65. The van der Waals surface area contributed by atoms with Gasteiger partial charge in [-0.05, 0) is 22.9 Å². The van der Waals surface area contributed by atoms with E-state index in [1.54, 1.807) is 0 Å². The van der Waals surface area contributed by atoms with Crippen LogP contribution in [0.2, 0.25) is 0 Å². The molecule has 0 spiro atoms. The first kappa shape index (κ1) is 9.31. The number of hydrogen-bond acceptors (Lipinski definition) is 1. The highest BCUT2D eigenvalue weighted by molar-refractivity contribution is 9.12. The highest BCUT2D eigenvalue weighted by atomic mass is 79.9. The van der Waals surface area contributed by atoms with Crippen LogP contribution in [0.25, 0.3) is 0 Å². The van der Waals surface area contributed by atoms with E-state index in [-0.39, 0.29) is 0 Å².